The number of aromatic nitrogens is 3. The van der Waals surface area contributed by atoms with Crippen molar-refractivity contribution in [1.29, 1.82) is 0 Å². The highest BCUT2D eigenvalue weighted by molar-refractivity contribution is 5.36. The van der Waals surface area contributed by atoms with Crippen LogP contribution < -0.4 is 15.4 Å². The van der Waals surface area contributed by atoms with Crippen LogP contribution in [0.1, 0.15) is 5.56 Å². The van der Waals surface area contributed by atoms with Crippen molar-refractivity contribution in [2.24, 2.45) is 0 Å². The second-order valence-electron chi connectivity index (χ2n) is 3.93. The van der Waals surface area contributed by atoms with E-state index in [9.17, 15) is 4.39 Å². The third-order valence-corrected chi connectivity index (χ3v) is 2.51. The van der Waals surface area contributed by atoms with Gasteiger partial charge in [0.05, 0.1) is 7.11 Å². The Hall–Kier alpha value is -2.44. The number of hydrogen-bond acceptors (Lipinski definition) is 6. The molecule has 19 heavy (non-hydrogen) atoms. The van der Waals surface area contributed by atoms with Crippen molar-refractivity contribution in [3.05, 3.63) is 35.6 Å². The summed E-state index contributed by atoms with van der Waals surface area (Å²) in [4.78, 5) is 13.5. The summed E-state index contributed by atoms with van der Waals surface area (Å²) < 4.78 is 18.5. The molecular formula is C12H14FN5O. The molecule has 2 rings (SSSR count). The molecule has 0 aliphatic rings. The zero-order chi connectivity index (χ0) is 13.8. The number of nitrogens with zero attached hydrogens (tertiary/aromatic N) is 4. The van der Waals surface area contributed by atoms with E-state index in [1.165, 1.54) is 13.2 Å². The Kier molecular flexibility index (Phi) is 3.74. The van der Waals surface area contributed by atoms with Gasteiger partial charge in [0.1, 0.15) is 5.82 Å². The normalized spacial score (nSPS) is 10.3. The molecule has 0 aliphatic heterocycles. The molecule has 0 spiro atoms. The van der Waals surface area contributed by atoms with Crippen LogP contribution in [-0.2, 0) is 6.54 Å². The molecule has 2 aromatic rings. The zero-order valence-electron chi connectivity index (χ0n) is 10.7. The first-order valence-corrected chi connectivity index (χ1v) is 5.60. The summed E-state index contributed by atoms with van der Waals surface area (Å²) in [7, 11) is 3.18. The van der Waals surface area contributed by atoms with Gasteiger partial charge in [-0.3, -0.25) is 0 Å². The maximum atomic E-state index is 13.6. The van der Waals surface area contributed by atoms with Gasteiger partial charge in [-0.15, -0.1) is 0 Å². The average Bonchev–Trinajstić information content (AvgIpc) is 2.40. The Morgan fingerprint density at radius 3 is 2.68 bits per heavy atom. The molecule has 100 valence electrons. The quantitative estimate of drug-likeness (QED) is 0.894. The lowest BCUT2D eigenvalue weighted by molar-refractivity contribution is 0.379. The molecule has 0 aliphatic carbocycles. The van der Waals surface area contributed by atoms with Gasteiger partial charge in [-0.1, -0.05) is 18.2 Å². The van der Waals surface area contributed by atoms with Crippen molar-refractivity contribution in [2.75, 3.05) is 24.8 Å². The standard InChI is InChI=1S/C12H14FN5O/c1-18(7-8-5-3-4-6-9(8)13)11-15-10(14)16-12(17-11)19-2/h3-6H,7H2,1-2H3,(H2,14,15,16,17). The van der Waals surface area contributed by atoms with E-state index in [0.29, 0.717) is 18.1 Å². The predicted octanol–water partition coefficient (Wildman–Crippen LogP) is 1.24. The minimum atomic E-state index is -0.275. The highest BCUT2D eigenvalue weighted by atomic mass is 19.1. The Balaban J connectivity index is 2.22. The second-order valence-corrected chi connectivity index (χ2v) is 3.93. The summed E-state index contributed by atoms with van der Waals surface area (Å²) in [5.74, 6) is 0.109. The summed E-state index contributed by atoms with van der Waals surface area (Å²) in [6.07, 6.45) is 0. The summed E-state index contributed by atoms with van der Waals surface area (Å²) >= 11 is 0. The number of nitrogens with two attached hydrogens (primary N) is 1. The molecule has 0 saturated carbocycles. The lowest BCUT2D eigenvalue weighted by atomic mass is 10.2. The van der Waals surface area contributed by atoms with Crippen molar-refractivity contribution >= 4 is 11.9 Å². The maximum absolute atomic E-state index is 13.6. The van der Waals surface area contributed by atoms with Crippen LogP contribution in [0.3, 0.4) is 0 Å². The van der Waals surface area contributed by atoms with Crippen LogP contribution in [0.4, 0.5) is 16.3 Å². The lowest BCUT2D eigenvalue weighted by Gasteiger charge is -2.17. The SMILES string of the molecule is COc1nc(N)nc(N(C)Cc2ccccc2F)n1. The van der Waals surface area contributed by atoms with Gasteiger partial charge in [0.2, 0.25) is 11.9 Å². The molecule has 0 radical (unpaired) electrons. The highest BCUT2D eigenvalue weighted by Gasteiger charge is 2.11. The molecule has 0 saturated heterocycles. The molecule has 0 unspecified atom stereocenters. The maximum Gasteiger partial charge on any atom is 0.322 e. The highest BCUT2D eigenvalue weighted by Crippen LogP contribution is 2.15. The van der Waals surface area contributed by atoms with E-state index in [4.69, 9.17) is 10.5 Å². The van der Waals surface area contributed by atoms with Crippen molar-refractivity contribution in [3.8, 4) is 6.01 Å². The van der Waals surface area contributed by atoms with E-state index in [-0.39, 0.29) is 17.8 Å². The molecule has 1 heterocycles. The molecule has 1 aromatic heterocycles. The second kappa shape index (κ2) is 5.47. The fraction of sp³-hybridized carbons (Fsp3) is 0.250. The van der Waals surface area contributed by atoms with Crippen LogP contribution in [0.2, 0.25) is 0 Å². The molecule has 0 fully saturated rings. The Morgan fingerprint density at radius 1 is 1.26 bits per heavy atom. The summed E-state index contributed by atoms with van der Waals surface area (Å²) in [5.41, 5.74) is 6.10. The molecule has 0 amide bonds. The first kappa shape index (κ1) is 13.0. The lowest BCUT2D eigenvalue weighted by Crippen LogP contribution is -2.21. The van der Waals surface area contributed by atoms with Crippen molar-refractivity contribution in [3.63, 3.8) is 0 Å². The van der Waals surface area contributed by atoms with E-state index in [0.717, 1.165) is 0 Å². The van der Waals surface area contributed by atoms with Gasteiger partial charge in [0.25, 0.3) is 0 Å². The first-order valence-electron chi connectivity index (χ1n) is 5.60. The number of hydrogen-bond donors (Lipinski definition) is 1. The number of halogens is 1. The van der Waals surface area contributed by atoms with Gasteiger partial charge < -0.3 is 15.4 Å². The van der Waals surface area contributed by atoms with Crippen LogP contribution >= 0.6 is 0 Å². The van der Waals surface area contributed by atoms with Crippen LogP contribution in [0, 0.1) is 5.82 Å². The van der Waals surface area contributed by atoms with Gasteiger partial charge in [-0.25, -0.2) is 4.39 Å². The van der Waals surface area contributed by atoms with E-state index in [1.807, 2.05) is 0 Å². The average molecular weight is 263 g/mol. The minimum absolute atomic E-state index is 0.0576. The molecule has 7 heteroatoms. The largest absolute Gasteiger partial charge is 0.467 e. The molecule has 0 bridgehead atoms. The van der Waals surface area contributed by atoms with Gasteiger partial charge in [0.15, 0.2) is 0 Å². The number of methoxy groups -OCH3 is 1. The zero-order valence-corrected chi connectivity index (χ0v) is 10.7. The topological polar surface area (TPSA) is 77.2 Å². The van der Waals surface area contributed by atoms with Crippen molar-refractivity contribution in [1.82, 2.24) is 15.0 Å². The minimum Gasteiger partial charge on any atom is -0.467 e. The van der Waals surface area contributed by atoms with Crippen molar-refractivity contribution < 1.29 is 9.13 Å². The number of benzene rings is 1. The number of ether oxygens (including phenoxy) is 1. The molecule has 6 nitrogen and oxygen atoms in total. The number of anilines is 2. The third kappa shape index (κ3) is 3.06. The van der Waals surface area contributed by atoms with Gasteiger partial charge in [0, 0.05) is 19.2 Å². The first-order chi connectivity index (χ1) is 9.10. The van der Waals surface area contributed by atoms with Crippen molar-refractivity contribution in [2.45, 2.75) is 6.54 Å². The molecule has 2 N–H and O–H groups in total. The third-order valence-electron chi connectivity index (χ3n) is 2.51. The summed E-state index contributed by atoms with van der Waals surface area (Å²) in [6.45, 7) is 0.319. The van der Waals surface area contributed by atoms with E-state index < -0.39 is 0 Å². The Bertz CT molecular complexity index is 578. The van der Waals surface area contributed by atoms with Gasteiger partial charge in [-0.2, -0.15) is 15.0 Å². The predicted molar refractivity (Wildman–Crippen MR) is 69.3 cm³/mol. The summed E-state index contributed by atoms with van der Waals surface area (Å²) in [6, 6.07) is 6.65. The van der Waals surface area contributed by atoms with Gasteiger partial charge >= 0.3 is 6.01 Å². The number of rotatable bonds is 4. The van der Waals surface area contributed by atoms with Crippen LogP contribution in [-0.4, -0.2) is 29.1 Å². The fourth-order valence-electron chi connectivity index (χ4n) is 1.58. The Labute approximate surface area is 110 Å². The van der Waals surface area contributed by atoms with Crippen LogP contribution in [0.15, 0.2) is 24.3 Å². The molecule has 1 aromatic carbocycles. The van der Waals surface area contributed by atoms with Gasteiger partial charge in [-0.05, 0) is 6.07 Å². The van der Waals surface area contributed by atoms with Crippen LogP contribution in [0.25, 0.3) is 0 Å². The fourth-order valence-corrected chi connectivity index (χ4v) is 1.58. The van der Waals surface area contributed by atoms with E-state index in [2.05, 4.69) is 15.0 Å². The molecule has 0 atom stereocenters. The smallest absolute Gasteiger partial charge is 0.322 e. The van der Waals surface area contributed by atoms with E-state index in [1.54, 1.807) is 30.1 Å². The molecular weight excluding hydrogens is 249 g/mol. The van der Waals surface area contributed by atoms with Crippen LogP contribution in [0.5, 0.6) is 6.01 Å². The summed E-state index contributed by atoms with van der Waals surface area (Å²) in [5, 5.41) is 0. The Morgan fingerprint density at radius 2 is 2.00 bits per heavy atom. The monoisotopic (exact) mass is 263 g/mol. The number of nitrogen functional groups attached to an aromatic ring is 1. The van der Waals surface area contributed by atoms with E-state index >= 15 is 0 Å².